The van der Waals surface area contributed by atoms with Crippen LogP contribution < -0.4 is 0 Å². The molecule has 0 bridgehead atoms. The molecule has 0 radical (unpaired) electrons. The zero-order chi connectivity index (χ0) is 9.84. The fourth-order valence-corrected chi connectivity index (χ4v) is 1.15. The van der Waals surface area contributed by atoms with E-state index in [9.17, 15) is 4.79 Å². The molecule has 70 valence electrons. The number of nitrogens with zero attached hydrogens (tertiary/aromatic N) is 2. The number of carbonyl (C=O) groups is 1. The van der Waals surface area contributed by atoms with Crippen molar-refractivity contribution in [3.05, 3.63) is 24.3 Å². The van der Waals surface area contributed by atoms with Crippen LogP contribution >= 0.6 is 0 Å². The van der Waals surface area contributed by atoms with Crippen LogP contribution in [-0.4, -0.2) is 22.6 Å². The van der Waals surface area contributed by atoms with Crippen LogP contribution in [0.2, 0.25) is 0 Å². The number of ether oxygens (including phenoxy) is 1. The molecule has 0 saturated carbocycles. The second kappa shape index (κ2) is 3.89. The monoisotopic (exact) mass is 180 g/mol. The van der Waals surface area contributed by atoms with Gasteiger partial charge in [0.15, 0.2) is 0 Å². The molecule has 4 nitrogen and oxygen atoms in total. The van der Waals surface area contributed by atoms with E-state index in [4.69, 9.17) is 0 Å². The highest BCUT2D eigenvalue weighted by Gasteiger charge is 2.13. The Morgan fingerprint density at radius 3 is 3.00 bits per heavy atom. The molecule has 1 rings (SSSR count). The van der Waals surface area contributed by atoms with Crippen molar-refractivity contribution in [2.45, 2.75) is 13.5 Å². The smallest absolute Gasteiger partial charge is 0.356 e. The Labute approximate surface area is 76.8 Å². The Hall–Kier alpha value is -1.58. The second-order valence-electron chi connectivity index (χ2n) is 2.44. The molecule has 0 N–H and O–H groups in total. The summed E-state index contributed by atoms with van der Waals surface area (Å²) in [6, 6.07) is 0. The number of aromatic nitrogens is 2. The van der Waals surface area contributed by atoms with Crippen molar-refractivity contribution in [3.8, 4) is 0 Å². The van der Waals surface area contributed by atoms with Crippen molar-refractivity contribution in [2.75, 3.05) is 7.11 Å². The summed E-state index contributed by atoms with van der Waals surface area (Å²) in [7, 11) is 1.35. The maximum Gasteiger partial charge on any atom is 0.356 e. The third-order valence-corrected chi connectivity index (χ3v) is 1.78. The molecule has 4 heteroatoms. The predicted octanol–water partition coefficient (Wildman–Crippen LogP) is 1.33. The molecule has 0 amide bonds. The number of imidazole rings is 1. The maximum absolute atomic E-state index is 11.2. The molecule has 0 aliphatic carbocycles. The van der Waals surface area contributed by atoms with E-state index >= 15 is 0 Å². The number of hydrogen-bond acceptors (Lipinski definition) is 3. The highest BCUT2D eigenvalue weighted by atomic mass is 16.5. The Bertz CT molecular complexity index is 328. The number of hydrogen-bond donors (Lipinski definition) is 0. The fraction of sp³-hybridized carbons (Fsp3) is 0.333. The zero-order valence-corrected chi connectivity index (χ0v) is 7.78. The quantitative estimate of drug-likeness (QED) is 0.659. The third-order valence-electron chi connectivity index (χ3n) is 1.78. The number of esters is 1. The molecule has 0 aliphatic heterocycles. The Morgan fingerprint density at radius 1 is 1.85 bits per heavy atom. The van der Waals surface area contributed by atoms with Crippen molar-refractivity contribution in [1.29, 1.82) is 0 Å². The molecule has 1 heterocycles. The summed E-state index contributed by atoms with van der Waals surface area (Å²) in [5.74, 6) is 0.311. The minimum Gasteiger partial charge on any atom is -0.464 e. The van der Waals surface area contributed by atoms with Gasteiger partial charge < -0.3 is 9.30 Å². The van der Waals surface area contributed by atoms with Gasteiger partial charge >= 0.3 is 5.97 Å². The molecule has 1 aromatic rings. The van der Waals surface area contributed by atoms with E-state index in [1.165, 1.54) is 13.3 Å². The van der Waals surface area contributed by atoms with Crippen molar-refractivity contribution in [1.82, 2.24) is 9.55 Å². The highest BCUT2D eigenvalue weighted by molar-refractivity contribution is 5.87. The number of rotatable bonds is 3. The summed E-state index contributed by atoms with van der Waals surface area (Å²) in [5, 5.41) is 0. The Kier molecular flexibility index (Phi) is 2.84. The third kappa shape index (κ3) is 1.61. The first-order valence-corrected chi connectivity index (χ1v) is 4.00. The van der Waals surface area contributed by atoms with Gasteiger partial charge in [-0.3, -0.25) is 0 Å². The molecule has 0 aliphatic rings. The largest absolute Gasteiger partial charge is 0.464 e. The van der Waals surface area contributed by atoms with Gasteiger partial charge in [-0.05, 0) is 13.0 Å². The topological polar surface area (TPSA) is 44.1 Å². The SMILES string of the molecule is C=Cc1ncc(C(=O)OC)n1CC. The fourth-order valence-electron chi connectivity index (χ4n) is 1.15. The van der Waals surface area contributed by atoms with Crippen LogP contribution in [0.25, 0.3) is 6.08 Å². The molecule has 0 atom stereocenters. The molecule has 13 heavy (non-hydrogen) atoms. The standard InChI is InChI=1S/C9H12N2O2/c1-4-8-10-6-7(9(12)13-3)11(8)5-2/h4,6H,1,5H2,2-3H3. The Morgan fingerprint density at radius 2 is 2.54 bits per heavy atom. The summed E-state index contributed by atoms with van der Waals surface area (Å²) < 4.78 is 6.35. The van der Waals surface area contributed by atoms with E-state index in [0.717, 1.165) is 0 Å². The summed E-state index contributed by atoms with van der Waals surface area (Å²) in [5.41, 5.74) is 0.458. The van der Waals surface area contributed by atoms with E-state index in [1.54, 1.807) is 10.6 Å². The lowest BCUT2D eigenvalue weighted by atomic mass is 10.4. The van der Waals surface area contributed by atoms with Gasteiger partial charge in [-0.15, -0.1) is 0 Å². The van der Waals surface area contributed by atoms with Crippen LogP contribution in [0.4, 0.5) is 0 Å². The number of carbonyl (C=O) groups excluding carboxylic acids is 1. The minimum absolute atomic E-state index is 0.373. The van der Waals surface area contributed by atoms with Crippen LogP contribution in [0.3, 0.4) is 0 Å². The summed E-state index contributed by atoms with van der Waals surface area (Å²) in [6.45, 7) is 6.21. The molecule has 0 aromatic carbocycles. The molecule has 0 saturated heterocycles. The molecule has 0 spiro atoms. The first kappa shape index (κ1) is 9.51. The van der Waals surface area contributed by atoms with Crippen molar-refractivity contribution in [2.24, 2.45) is 0 Å². The van der Waals surface area contributed by atoms with E-state index in [2.05, 4.69) is 16.3 Å². The van der Waals surface area contributed by atoms with E-state index in [1.807, 2.05) is 6.92 Å². The minimum atomic E-state index is -0.373. The normalized spacial score (nSPS) is 9.69. The van der Waals surface area contributed by atoms with Gasteiger partial charge in [0.2, 0.25) is 0 Å². The van der Waals surface area contributed by atoms with Crippen molar-refractivity contribution < 1.29 is 9.53 Å². The van der Waals surface area contributed by atoms with Gasteiger partial charge in [0.25, 0.3) is 0 Å². The summed E-state index contributed by atoms with van der Waals surface area (Å²) in [4.78, 5) is 15.2. The van der Waals surface area contributed by atoms with Crippen molar-refractivity contribution >= 4 is 12.0 Å². The zero-order valence-electron chi connectivity index (χ0n) is 7.78. The summed E-state index contributed by atoms with van der Waals surface area (Å²) in [6.07, 6.45) is 3.10. The lowest BCUT2D eigenvalue weighted by Crippen LogP contribution is -2.10. The molecule has 0 fully saturated rings. The average molecular weight is 180 g/mol. The van der Waals surface area contributed by atoms with Crippen molar-refractivity contribution in [3.63, 3.8) is 0 Å². The first-order chi connectivity index (χ1) is 6.24. The van der Waals surface area contributed by atoms with Gasteiger partial charge in [-0.25, -0.2) is 9.78 Å². The van der Waals surface area contributed by atoms with Gasteiger partial charge in [-0.2, -0.15) is 0 Å². The lowest BCUT2D eigenvalue weighted by molar-refractivity contribution is 0.0588. The first-order valence-electron chi connectivity index (χ1n) is 4.00. The van der Waals surface area contributed by atoms with Crippen LogP contribution in [0.5, 0.6) is 0 Å². The lowest BCUT2D eigenvalue weighted by Gasteiger charge is -2.04. The van der Waals surface area contributed by atoms with Gasteiger partial charge in [0, 0.05) is 6.54 Å². The van der Waals surface area contributed by atoms with E-state index in [0.29, 0.717) is 18.1 Å². The van der Waals surface area contributed by atoms with Crippen LogP contribution in [0.1, 0.15) is 23.2 Å². The van der Waals surface area contributed by atoms with Crippen LogP contribution in [-0.2, 0) is 11.3 Å². The van der Waals surface area contributed by atoms with Crippen LogP contribution in [0.15, 0.2) is 12.8 Å². The highest BCUT2D eigenvalue weighted by Crippen LogP contribution is 2.07. The van der Waals surface area contributed by atoms with Crippen LogP contribution in [0, 0.1) is 0 Å². The molecular formula is C9H12N2O2. The maximum atomic E-state index is 11.2. The molecular weight excluding hydrogens is 168 g/mol. The van der Waals surface area contributed by atoms with E-state index < -0.39 is 0 Å². The van der Waals surface area contributed by atoms with E-state index in [-0.39, 0.29) is 5.97 Å². The second-order valence-corrected chi connectivity index (χ2v) is 2.44. The van der Waals surface area contributed by atoms with Gasteiger partial charge in [0.05, 0.1) is 13.3 Å². The number of methoxy groups -OCH3 is 1. The van der Waals surface area contributed by atoms with Gasteiger partial charge in [0.1, 0.15) is 11.5 Å². The Balaban J connectivity index is 3.14. The summed E-state index contributed by atoms with van der Waals surface area (Å²) >= 11 is 0. The molecule has 0 unspecified atom stereocenters. The van der Waals surface area contributed by atoms with Gasteiger partial charge in [-0.1, -0.05) is 6.58 Å². The molecule has 1 aromatic heterocycles. The average Bonchev–Trinajstić information content (AvgIpc) is 2.58. The predicted molar refractivity (Wildman–Crippen MR) is 49.3 cm³/mol.